The van der Waals surface area contributed by atoms with Gasteiger partial charge in [0.05, 0.1) is 6.61 Å². The number of carboxylic acids is 1. The van der Waals surface area contributed by atoms with Crippen LogP contribution in [0.25, 0.3) is 0 Å². The number of halogens is 6. The van der Waals surface area contributed by atoms with Gasteiger partial charge < -0.3 is 14.9 Å². The number of hydrogen-bond donors (Lipinski definition) is 2. The molecule has 5 nitrogen and oxygen atoms in total. The van der Waals surface area contributed by atoms with Gasteiger partial charge in [0, 0.05) is 23.3 Å². The van der Waals surface area contributed by atoms with Gasteiger partial charge in [0.25, 0.3) is 0 Å². The predicted molar refractivity (Wildman–Crippen MR) is 116 cm³/mol. The van der Waals surface area contributed by atoms with Gasteiger partial charge in [-0.2, -0.15) is 26.3 Å². The van der Waals surface area contributed by atoms with Crippen LogP contribution in [0.15, 0.2) is 84.0 Å². The maximum absolute atomic E-state index is 12.1. The highest BCUT2D eigenvalue weighted by atomic mass is 19.4. The maximum atomic E-state index is 12.1. The smallest absolute Gasteiger partial charge is 0.412 e. The molecular weight excluding hydrogens is 482 g/mol. The van der Waals surface area contributed by atoms with Crippen molar-refractivity contribution in [3.8, 4) is 0 Å². The van der Waals surface area contributed by atoms with Gasteiger partial charge in [-0.25, -0.2) is 9.59 Å². The van der Waals surface area contributed by atoms with Crippen molar-refractivity contribution < 1.29 is 50.9 Å². The molecule has 0 aliphatic carbocycles. The molecule has 0 aliphatic rings. The summed E-state index contributed by atoms with van der Waals surface area (Å²) in [7, 11) is 0. The highest BCUT2D eigenvalue weighted by Gasteiger charge is 2.31. The molecule has 2 rings (SSSR count). The Morgan fingerprint density at radius 2 is 1.17 bits per heavy atom. The predicted octanol–water partition coefficient (Wildman–Crippen LogP) is 6.00. The normalized spacial score (nSPS) is 11.9. The van der Waals surface area contributed by atoms with Gasteiger partial charge in [-0.3, -0.25) is 0 Å². The standard InChI is InChI=1S/C12H11F3O2.C7H8O.C5H5F3O2/c1-9(12(13,14)15)7-11(16)17-8-10-5-3-2-4-6-10;8-6-7-4-2-1-3-5-7;1-3(2-4(9)10)5(6,7)8/h2-7H,8H2,1H3;1-5,8H,6H2;2H,1H3,(H,9,10)/b9-7-;;3-2-. The van der Waals surface area contributed by atoms with Crippen LogP contribution in [0.5, 0.6) is 0 Å². The van der Waals surface area contributed by atoms with Gasteiger partial charge in [0.15, 0.2) is 0 Å². The number of carbonyl (C=O) groups is 2. The summed E-state index contributed by atoms with van der Waals surface area (Å²) in [6, 6.07) is 18.2. The number of carboxylic acid groups (broad SMARTS) is 1. The molecule has 0 heterocycles. The number of benzene rings is 2. The summed E-state index contributed by atoms with van der Waals surface area (Å²) in [6.07, 6.45) is -8.45. The number of alkyl halides is 6. The molecule has 11 heteroatoms. The van der Waals surface area contributed by atoms with E-state index in [1.54, 1.807) is 30.3 Å². The monoisotopic (exact) mass is 506 g/mol. The van der Waals surface area contributed by atoms with E-state index >= 15 is 0 Å². The lowest BCUT2D eigenvalue weighted by molar-refractivity contribution is -0.140. The van der Waals surface area contributed by atoms with Gasteiger partial charge >= 0.3 is 24.3 Å². The Morgan fingerprint density at radius 1 is 0.771 bits per heavy atom. The molecule has 0 radical (unpaired) electrons. The largest absolute Gasteiger partial charge is 0.478 e. The van der Waals surface area contributed by atoms with Crippen molar-refractivity contribution in [1.82, 2.24) is 0 Å². The minimum atomic E-state index is -4.53. The van der Waals surface area contributed by atoms with Gasteiger partial charge in [-0.1, -0.05) is 60.7 Å². The van der Waals surface area contributed by atoms with E-state index in [0.717, 1.165) is 18.1 Å². The summed E-state index contributed by atoms with van der Waals surface area (Å²) in [5.74, 6) is -2.58. The second-order valence-electron chi connectivity index (χ2n) is 6.73. The van der Waals surface area contributed by atoms with Crippen molar-refractivity contribution in [2.75, 3.05) is 0 Å². The van der Waals surface area contributed by atoms with E-state index in [1.807, 2.05) is 30.3 Å². The van der Waals surface area contributed by atoms with E-state index in [1.165, 1.54) is 0 Å². The van der Waals surface area contributed by atoms with Crippen molar-refractivity contribution in [2.24, 2.45) is 0 Å². The highest BCUT2D eigenvalue weighted by molar-refractivity contribution is 5.83. The van der Waals surface area contributed by atoms with E-state index in [-0.39, 0.29) is 19.3 Å². The third kappa shape index (κ3) is 15.8. The average molecular weight is 506 g/mol. The Hall–Kier alpha value is -3.60. The molecule has 0 aromatic heterocycles. The molecule has 2 aromatic rings. The van der Waals surface area contributed by atoms with Crippen molar-refractivity contribution in [3.05, 3.63) is 95.1 Å². The van der Waals surface area contributed by atoms with Crippen LogP contribution in [-0.2, 0) is 27.5 Å². The first-order chi connectivity index (χ1) is 16.2. The number of allylic oxidation sites excluding steroid dienone is 2. The van der Waals surface area contributed by atoms with E-state index in [4.69, 9.17) is 10.2 Å². The summed E-state index contributed by atoms with van der Waals surface area (Å²) < 4.78 is 75.4. The van der Waals surface area contributed by atoms with Gasteiger partial charge in [-0.05, 0) is 25.0 Å². The van der Waals surface area contributed by atoms with Crippen LogP contribution in [0.2, 0.25) is 0 Å². The van der Waals surface area contributed by atoms with E-state index in [0.29, 0.717) is 13.0 Å². The van der Waals surface area contributed by atoms with Gasteiger partial charge in [0.1, 0.15) is 6.61 Å². The third-order valence-corrected chi connectivity index (χ3v) is 3.82. The first kappa shape index (κ1) is 31.4. The average Bonchev–Trinajstić information content (AvgIpc) is 2.78. The van der Waals surface area contributed by atoms with Crippen molar-refractivity contribution in [3.63, 3.8) is 0 Å². The van der Waals surface area contributed by atoms with Crippen LogP contribution >= 0.6 is 0 Å². The summed E-state index contributed by atoms with van der Waals surface area (Å²) in [5, 5.41) is 16.4. The molecule has 2 aromatic carbocycles. The number of esters is 1. The number of hydrogen-bond acceptors (Lipinski definition) is 4. The highest BCUT2D eigenvalue weighted by Crippen LogP contribution is 2.25. The number of aliphatic hydroxyl groups excluding tert-OH is 1. The fraction of sp³-hybridized carbons (Fsp3) is 0.250. The van der Waals surface area contributed by atoms with Crippen molar-refractivity contribution in [1.29, 1.82) is 0 Å². The van der Waals surface area contributed by atoms with Crippen LogP contribution in [0.4, 0.5) is 26.3 Å². The van der Waals surface area contributed by atoms with E-state index < -0.39 is 35.4 Å². The molecule has 0 aliphatic heterocycles. The minimum Gasteiger partial charge on any atom is -0.478 e. The lowest BCUT2D eigenvalue weighted by atomic mass is 10.2. The molecule has 0 unspecified atom stereocenters. The Kier molecular flexibility index (Phi) is 13.8. The molecule has 35 heavy (non-hydrogen) atoms. The number of carbonyl (C=O) groups excluding carboxylic acids is 1. The zero-order valence-corrected chi connectivity index (χ0v) is 18.7. The summed E-state index contributed by atoms with van der Waals surface area (Å²) in [6.45, 7) is 1.63. The second-order valence-corrected chi connectivity index (χ2v) is 6.73. The molecular formula is C24H24F6O5. The fourth-order valence-corrected chi connectivity index (χ4v) is 1.88. The Morgan fingerprint density at radius 3 is 1.49 bits per heavy atom. The van der Waals surface area contributed by atoms with E-state index in [9.17, 15) is 35.9 Å². The lowest BCUT2D eigenvalue weighted by Crippen LogP contribution is -2.12. The number of rotatable bonds is 5. The molecule has 0 bridgehead atoms. The molecule has 0 spiro atoms. The Labute approximate surface area is 198 Å². The number of aliphatic carboxylic acids is 1. The minimum absolute atomic E-state index is 0.0404. The number of ether oxygens (including phenoxy) is 1. The van der Waals surface area contributed by atoms with Crippen molar-refractivity contribution in [2.45, 2.75) is 39.4 Å². The zero-order valence-electron chi connectivity index (χ0n) is 18.7. The molecule has 0 amide bonds. The maximum Gasteiger partial charge on any atom is 0.412 e. The second kappa shape index (κ2) is 15.3. The van der Waals surface area contributed by atoms with Crippen LogP contribution in [0.3, 0.4) is 0 Å². The lowest BCUT2D eigenvalue weighted by Gasteiger charge is -2.06. The Balaban J connectivity index is 0.000000544. The third-order valence-electron chi connectivity index (χ3n) is 3.82. The molecule has 0 saturated carbocycles. The molecule has 0 fully saturated rings. The first-order valence-corrected chi connectivity index (χ1v) is 9.76. The van der Waals surface area contributed by atoms with Crippen LogP contribution in [0.1, 0.15) is 25.0 Å². The van der Waals surface area contributed by atoms with Crippen LogP contribution in [0, 0.1) is 0 Å². The topological polar surface area (TPSA) is 83.8 Å². The van der Waals surface area contributed by atoms with E-state index in [2.05, 4.69) is 4.74 Å². The first-order valence-electron chi connectivity index (χ1n) is 9.76. The number of aliphatic hydroxyl groups is 1. The molecule has 0 atom stereocenters. The zero-order chi connectivity index (χ0) is 27.1. The molecule has 2 N–H and O–H groups in total. The quantitative estimate of drug-likeness (QED) is 0.295. The van der Waals surface area contributed by atoms with Gasteiger partial charge in [0.2, 0.25) is 0 Å². The van der Waals surface area contributed by atoms with Gasteiger partial charge in [-0.15, -0.1) is 0 Å². The molecule has 192 valence electrons. The SMILES string of the molecule is C/C(=C/C(=O)O)C(F)(F)F.C/C(=C/C(=O)OCc1ccccc1)C(F)(F)F.OCc1ccccc1. The summed E-state index contributed by atoms with van der Waals surface area (Å²) >= 11 is 0. The van der Waals surface area contributed by atoms with Crippen LogP contribution in [-0.4, -0.2) is 34.5 Å². The Bertz CT molecular complexity index is 965. The summed E-state index contributed by atoms with van der Waals surface area (Å²) in [5.41, 5.74) is -0.401. The summed E-state index contributed by atoms with van der Waals surface area (Å²) in [4.78, 5) is 20.8. The fourth-order valence-electron chi connectivity index (χ4n) is 1.88. The van der Waals surface area contributed by atoms with Crippen molar-refractivity contribution >= 4 is 11.9 Å². The van der Waals surface area contributed by atoms with Crippen LogP contribution < -0.4 is 0 Å². The molecule has 0 saturated heterocycles.